The molecule has 75 heavy (non-hydrogen) atoms. The quantitative estimate of drug-likeness (QED) is 0.0262. The number of amides is 2. The maximum atomic E-state index is 15.4. The molecule has 12 nitrogen and oxygen atoms in total. The molecular formula is C62H77FN4O8. The third-order valence-electron chi connectivity index (χ3n) is 15.1. The zero-order valence-electron chi connectivity index (χ0n) is 43.8. The van der Waals surface area contributed by atoms with Crippen molar-refractivity contribution in [2.24, 2.45) is 22.9 Å². The predicted octanol–water partition coefficient (Wildman–Crippen LogP) is 12.9. The highest BCUT2D eigenvalue weighted by Gasteiger charge is 2.65. The van der Waals surface area contributed by atoms with Crippen molar-refractivity contribution in [3.63, 3.8) is 0 Å². The monoisotopic (exact) mass is 1020 g/mol. The Kier molecular flexibility index (Phi) is 21.9. The lowest BCUT2D eigenvalue weighted by molar-refractivity contribution is -0.255. The van der Waals surface area contributed by atoms with E-state index in [1.54, 1.807) is 53.4 Å². The van der Waals surface area contributed by atoms with Gasteiger partial charge in [-0.25, -0.2) is 9.18 Å². The molecule has 1 saturated carbocycles. The summed E-state index contributed by atoms with van der Waals surface area (Å²) in [4.78, 5) is 36.9. The van der Waals surface area contributed by atoms with Crippen molar-refractivity contribution in [3.8, 4) is 17.6 Å². The number of fused-ring (bicyclic) bond motifs is 2. The lowest BCUT2D eigenvalue weighted by Gasteiger charge is -2.60. The number of benzene rings is 4. The number of unbranched alkanes of at least 4 members (excludes halogenated alkanes) is 11. The number of allylic oxidation sites excluding steroid dienone is 1. The molecule has 0 saturated heterocycles. The Morgan fingerprint density at radius 2 is 1.56 bits per heavy atom. The maximum absolute atomic E-state index is 15.4. The summed E-state index contributed by atoms with van der Waals surface area (Å²) in [5, 5.41) is 37.8. The van der Waals surface area contributed by atoms with E-state index in [0.717, 1.165) is 55.2 Å². The van der Waals surface area contributed by atoms with Gasteiger partial charge < -0.3 is 39.5 Å². The number of aliphatic hydroxyl groups excluding tert-OH is 2. The molecule has 2 amide bonds. The minimum atomic E-state index is -1.60. The fourth-order valence-electron chi connectivity index (χ4n) is 11.4. The van der Waals surface area contributed by atoms with Crippen LogP contribution in [0.1, 0.15) is 155 Å². The molecule has 13 heteroatoms. The van der Waals surface area contributed by atoms with Crippen molar-refractivity contribution >= 4 is 17.7 Å². The number of rotatable bonds is 30. The molecule has 4 aromatic rings. The Balaban J connectivity index is 1.32. The number of hydrogen-bond donors (Lipinski definition) is 3. The molecule has 400 valence electrons. The molecule has 4 aromatic carbocycles. The zero-order chi connectivity index (χ0) is 52.8. The average Bonchev–Trinajstić information content (AvgIpc) is 3.44. The molecule has 6 unspecified atom stereocenters. The van der Waals surface area contributed by atoms with E-state index in [4.69, 9.17) is 24.2 Å². The standard InChI is InChI=1S/C62H77FN4O8/c1-3-5-6-7-8-9-10-11-12-18-35-65-61(71)74-51-33-34-56-54(40-51)58-52(24-17-20-37-69)49(23-16-19-36-68)39-53-55(66-73-44-47-21-14-13-15-22-47)41-57(62(75-56,59(53)58)72-38-4-2)67(43-46-27-31-50(63)32-28-46)60(70)48-29-25-45(42-64)26-30-48/h4,13-15,21-22,25-34,39-40,49,52,57-59,68-69H,2-3,5-12,16-20,23-24,35-38,41,43-44H2,1H3,(H,65,71). The van der Waals surface area contributed by atoms with Gasteiger partial charge in [0.15, 0.2) is 0 Å². The number of hydrogen-bond acceptors (Lipinski definition) is 10. The number of nitrogens with zero attached hydrogens (tertiary/aromatic N) is 3. The Hall–Kier alpha value is -6.33. The van der Waals surface area contributed by atoms with Crippen LogP contribution in [0, 0.1) is 34.9 Å². The smallest absolute Gasteiger partial charge is 0.412 e. The highest BCUT2D eigenvalue weighted by molar-refractivity contribution is 6.03. The van der Waals surface area contributed by atoms with E-state index in [2.05, 4.69) is 31.0 Å². The average molecular weight is 1030 g/mol. The molecule has 0 bridgehead atoms. The van der Waals surface area contributed by atoms with Gasteiger partial charge in [0.2, 0.25) is 5.79 Å². The van der Waals surface area contributed by atoms with Crippen molar-refractivity contribution in [3.05, 3.63) is 155 Å². The van der Waals surface area contributed by atoms with E-state index in [-0.39, 0.29) is 63.1 Å². The van der Waals surface area contributed by atoms with Crippen LogP contribution in [0.3, 0.4) is 0 Å². The Morgan fingerprint density at radius 1 is 0.867 bits per heavy atom. The number of carbonyl (C=O) groups excluding carboxylic acids is 2. The van der Waals surface area contributed by atoms with E-state index < -0.39 is 29.7 Å². The summed E-state index contributed by atoms with van der Waals surface area (Å²) < 4.78 is 35.2. The summed E-state index contributed by atoms with van der Waals surface area (Å²) in [6.07, 6.45) is 19.6. The van der Waals surface area contributed by atoms with Crippen molar-refractivity contribution < 1.29 is 43.2 Å². The largest absolute Gasteiger partial charge is 0.459 e. The summed E-state index contributed by atoms with van der Waals surface area (Å²) in [6.45, 7) is 7.13. The fraction of sp³-hybridized carbons (Fsp3) is 0.484. The van der Waals surface area contributed by atoms with Crippen LogP contribution >= 0.6 is 0 Å². The number of halogens is 1. The van der Waals surface area contributed by atoms with Crippen LogP contribution in [-0.4, -0.2) is 71.0 Å². The Bertz CT molecular complexity index is 2550. The summed E-state index contributed by atoms with van der Waals surface area (Å²) >= 11 is 0. The van der Waals surface area contributed by atoms with Gasteiger partial charge in [0, 0.05) is 49.8 Å². The Labute approximate surface area is 443 Å². The number of ether oxygens (including phenoxy) is 3. The second kappa shape index (κ2) is 29.1. The molecule has 3 N–H and O–H groups in total. The topological polar surface area (TPSA) is 163 Å². The molecule has 1 heterocycles. The van der Waals surface area contributed by atoms with Gasteiger partial charge in [-0.3, -0.25) is 4.79 Å². The van der Waals surface area contributed by atoms with Gasteiger partial charge in [0.05, 0.1) is 29.9 Å². The zero-order valence-corrected chi connectivity index (χ0v) is 43.8. The summed E-state index contributed by atoms with van der Waals surface area (Å²) in [6, 6.07) is 28.9. The van der Waals surface area contributed by atoms with Gasteiger partial charge in [-0.15, -0.1) is 6.58 Å². The van der Waals surface area contributed by atoms with E-state index in [1.165, 1.54) is 57.1 Å². The second-order valence-corrected chi connectivity index (χ2v) is 20.3. The third kappa shape index (κ3) is 15.0. The molecule has 7 rings (SSSR count). The fourth-order valence-corrected chi connectivity index (χ4v) is 11.4. The molecule has 0 spiro atoms. The van der Waals surface area contributed by atoms with Crippen LogP contribution in [0.15, 0.2) is 127 Å². The highest BCUT2D eigenvalue weighted by atomic mass is 19.1. The first-order chi connectivity index (χ1) is 36.7. The van der Waals surface area contributed by atoms with E-state index in [0.29, 0.717) is 59.7 Å². The lowest BCUT2D eigenvalue weighted by Crippen LogP contribution is -2.70. The molecule has 0 radical (unpaired) electrons. The van der Waals surface area contributed by atoms with Crippen LogP contribution in [-0.2, 0) is 22.7 Å². The summed E-state index contributed by atoms with van der Waals surface area (Å²) in [5.41, 5.74) is 4.56. The minimum Gasteiger partial charge on any atom is -0.459 e. The van der Waals surface area contributed by atoms with Crippen LogP contribution < -0.4 is 14.8 Å². The Morgan fingerprint density at radius 3 is 2.24 bits per heavy atom. The van der Waals surface area contributed by atoms with Crippen LogP contribution in [0.25, 0.3) is 0 Å². The van der Waals surface area contributed by atoms with Crippen molar-refractivity contribution in [1.29, 1.82) is 5.26 Å². The van der Waals surface area contributed by atoms with Gasteiger partial charge in [-0.2, -0.15) is 5.26 Å². The third-order valence-corrected chi connectivity index (χ3v) is 15.1. The minimum absolute atomic E-state index is 0.0263. The maximum Gasteiger partial charge on any atom is 0.412 e. The SMILES string of the molecule is C=CCOC12Oc3ccc(OC(=O)NCCCCCCCCCCCC)cc3C3C(CCCCO)C(CCCCO)C=C(C(=NOCc4ccccc4)CC1N(Cc1ccc(F)cc1)C(=O)c1ccc(C#N)cc1)C32. The first kappa shape index (κ1) is 56.4. The molecular weight excluding hydrogens is 948 g/mol. The van der Waals surface area contributed by atoms with Crippen molar-refractivity contribution in [1.82, 2.24) is 10.2 Å². The van der Waals surface area contributed by atoms with Crippen molar-refractivity contribution in [2.75, 3.05) is 26.4 Å². The molecule has 1 aliphatic heterocycles. The number of nitrogens with one attached hydrogen (secondary N) is 1. The van der Waals surface area contributed by atoms with Gasteiger partial charge in [0.25, 0.3) is 5.91 Å². The molecule has 6 atom stereocenters. The molecule has 3 aliphatic rings. The number of oxime groups is 1. The lowest BCUT2D eigenvalue weighted by atomic mass is 9.55. The van der Waals surface area contributed by atoms with Gasteiger partial charge in [0.1, 0.15) is 30.0 Å². The van der Waals surface area contributed by atoms with Gasteiger partial charge >= 0.3 is 6.09 Å². The first-order valence-electron chi connectivity index (χ1n) is 27.5. The van der Waals surface area contributed by atoms with Crippen LogP contribution in [0.2, 0.25) is 0 Å². The predicted molar refractivity (Wildman–Crippen MR) is 289 cm³/mol. The number of nitriles is 1. The van der Waals surface area contributed by atoms with E-state index >= 15 is 4.79 Å². The molecule has 0 aromatic heterocycles. The van der Waals surface area contributed by atoms with Gasteiger partial charge in [-0.1, -0.05) is 137 Å². The number of aliphatic hydroxyl groups is 2. The molecule has 1 fully saturated rings. The molecule has 2 aliphatic carbocycles. The normalized spacial score (nSPS) is 20.9. The van der Waals surface area contributed by atoms with Gasteiger partial charge in [-0.05, 0) is 115 Å². The highest BCUT2D eigenvalue weighted by Crippen LogP contribution is 2.62. The van der Waals surface area contributed by atoms with Crippen LogP contribution in [0.4, 0.5) is 9.18 Å². The first-order valence-corrected chi connectivity index (χ1v) is 27.5. The number of carbonyl (C=O) groups is 2. The summed E-state index contributed by atoms with van der Waals surface area (Å²) in [7, 11) is 0. The van der Waals surface area contributed by atoms with E-state index in [1.807, 2.05) is 42.5 Å². The van der Waals surface area contributed by atoms with Crippen LogP contribution in [0.5, 0.6) is 11.5 Å². The second-order valence-electron chi connectivity index (χ2n) is 20.3. The van der Waals surface area contributed by atoms with Crippen molar-refractivity contribution in [2.45, 2.75) is 147 Å². The summed E-state index contributed by atoms with van der Waals surface area (Å²) in [5.74, 6) is -2.67. The van der Waals surface area contributed by atoms with E-state index in [9.17, 15) is 24.7 Å².